The van der Waals surface area contributed by atoms with Gasteiger partial charge < -0.3 is 15.2 Å². The van der Waals surface area contributed by atoms with Crippen LogP contribution in [0.15, 0.2) is 54.6 Å². The lowest BCUT2D eigenvalue weighted by molar-refractivity contribution is -0.142. The average Bonchev–Trinajstić information content (AvgIpc) is 2.75. The van der Waals surface area contributed by atoms with Crippen molar-refractivity contribution in [2.24, 2.45) is 11.8 Å². The van der Waals surface area contributed by atoms with Gasteiger partial charge in [-0.05, 0) is 68.7 Å². The molecule has 0 bridgehead atoms. The largest absolute Gasteiger partial charge is 0.480 e. The summed E-state index contributed by atoms with van der Waals surface area (Å²) >= 11 is 0. The van der Waals surface area contributed by atoms with Crippen LogP contribution in [0, 0.1) is 18.8 Å². The number of rotatable bonds is 8. The normalized spacial score (nSPS) is 18.6. The van der Waals surface area contributed by atoms with E-state index in [0.29, 0.717) is 25.0 Å². The zero-order valence-electron chi connectivity index (χ0n) is 17.4. The van der Waals surface area contributed by atoms with Crippen molar-refractivity contribution in [1.29, 1.82) is 0 Å². The van der Waals surface area contributed by atoms with Gasteiger partial charge in [-0.25, -0.2) is 9.59 Å². The van der Waals surface area contributed by atoms with Crippen LogP contribution in [-0.4, -0.2) is 36.9 Å². The first-order valence-corrected chi connectivity index (χ1v) is 10.5. The Morgan fingerprint density at radius 3 is 2.20 bits per heavy atom. The van der Waals surface area contributed by atoms with Crippen LogP contribution in [0.4, 0.5) is 16.2 Å². The van der Waals surface area contributed by atoms with Gasteiger partial charge >= 0.3 is 12.0 Å². The molecule has 0 aliphatic heterocycles. The number of carboxylic acid groups (broad SMARTS) is 1. The maximum atomic E-state index is 13.1. The average molecular weight is 411 g/mol. The highest BCUT2D eigenvalue weighted by Crippen LogP contribution is 2.29. The highest BCUT2D eigenvalue weighted by Gasteiger charge is 2.24. The summed E-state index contributed by atoms with van der Waals surface area (Å²) in [6.07, 6.45) is 4.02. The second-order valence-electron chi connectivity index (χ2n) is 7.99. The molecular formula is C24H30N2O4. The van der Waals surface area contributed by atoms with Gasteiger partial charge in [0, 0.05) is 6.54 Å². The number of carbonyl (C=O) groups excluding carboxylic acids is 1. The van der Waals surface area contributed by atoms with Crippen molar-refractivity contribution >= 4 is 23.4 Å². The van der Waals surface area contributed by atoms with Gasteiger partial charge in [-0.2, -0.15) is 0 Å². The number of urea groups is 1. The number of ether oxygens (including phenoxy) is 1. The van der Waals surface area contributed by atoms with Crippen LogP contribution in [0.5, 0.6) is 0 Å². The van der Waals surface area contributed by atoms with Crippen LogP contribution < -0.4 is 10.2 Å². The molecule has 0 atom stereocenters. The lowest BCUT2D eigenvalue weighted by Gasteiger charge is -2.29. The fourth-order valence-electron chi connectivity index (χ4n) is 3.88. The smallest absolute Gasteiger partial charge is 0.329 e. The molecule has 1 aliphatic rings. The molecule has 3 rings (SSSR count). The van der Waals surface area contributed by atoms with E-state index in [2.05, 4.69) is 5.32 Å². The third kappa shape index (κ3) is 6.32. The topological polar surface area (TPSA) is 78.9 Å². The van der Waals surface area contributed by atoms with Gasteiger partial charge in [0.15, 0.2) is 0 Å². The molecule has 0 radical (unpaired) electrons. The maximum Gasteiger partial charge on any atom is 0.329 e. The lowest BCUT2D eigenvalue weighted by Crippen LogP contribution is -2.40. The number of para-hydroxylation sites is 1. The molecule has 6 nitrogen and oxygen atoms in total. The fourth-order valence-corrected chi connectivity index (χ4v) is 3.88. The third-order valence-electron chi connectivity index (χ3n) is 5.60. The molecule has 1 fully saturated rings. The Labute approximate surface area is 177 Å². The number of nitrogens with one attached hydrogen (secondary N) is 1. The van der Waals surface area contributed by atoms with Crippen LogP contribution >= 0.6 is 0 Å². The minimum absolute atomic E-state index is 0.128. The second kappa shape index (κ2) is 10.8. The van der Waals surface area contributed by atoms with Gasteiger partial charge in [0.2, 0.25) is 0 Å². The molecule has 2 amide bonds. The molecule has 0 aromatic heterocycles. The zero-order chi connectivity index (χ0) is 21.3. The molecule has 0 saturated heterocycles. The monoisotopic (exact) mass is 410 g/mol. The van der Waals surface area contributed by atoms with Gasteiger partial charge in [-0.15, -0.1) is 0 Å². The van der Waals surface area contributed by atoms with Crippen molar-refractivity contribution in [3.05, 3.63) is 60.2 Å². The van der Waals surface area contributed by atoms with Gasteiger partial charge in [0.1, 0.15) is 6.61 Å². The van der Waals surface area contributed by atoms with Crippen molar-refractivity contribution in [3.63, 3.8) is 0 Å². The van der Waals surface area contributed by atoms with Crippen LogP contribution in [0.25, 0.3) is 0 Å². The summed E-state index contributed by atoms with van der Waals surface area (Å²) in [5.41, 5.74) is 2.82. The van der Waals surface area contributed by atoms with E-state index in [9.17, 15) is 9.59 Å². The van der Waals surface area contributed by atoms with Gasteiger partial charge in [0.05, 0.1) is 18.0 Å². The van der Waals surface area contributed by atoms with Crippen molar-refractivity contribution in [2.45, 2.75) is 32.6 Å². The van der Waals surface area contributed by atoms with Gasteiger partial charge in [-0.1, -0.05) is 35.9 Å². The molecule has 0 heterocycles. The van der Waals surface area contributed by atoms with E-state index in [1.54, 1.807) is 4.90 Å². The summed E-state index contributed by atoms with van der Waals surface area (Å²) in [5, 5.41) is 11.8. The lowest BCUT2D eigenvalue weighted by atomic mass is 9.82. The molecule has 0 unspecified atom stereocenters. The van der Waals surface area contributed by atoms with Gasteiger partial charge in [-0.3, -0.25) is 4.90 Å². The number of carboxylic acids is 1. The van der Waals surface area contributed by atoms with E-state index < -0.39 is 5.97 Å². The van der Waals surface area contributed by atoms with Crippen molar-refractivity contribution in [1.82, 2.24) is 5.32 Å². The minimum Gasteiger partial charge on any atom is -0.480 e. The van der Waals surface area contributed by atoms with Crippen LogP contribution in [0.1, 0.15) is 31.2 Å². The Kier molecular flexibility index (Phi) is 7.85. The standard InChI is InChI=1S/C24H30N2O4/c1-18-7-13-22(14-8-18)26(21-5-3-2-4-6-21)24(29)25-15-19-9-11-20(12-10-19)16-30-17-23(27)28/h2-8,13-14,19-20H,9-12,15-17H2,1H3,(H,25,29)(H,27,28). The number of aliphatic carboxylic acids is 1. The maximum absolute atomic E-state index is 13.1. The summed E-state index contributed by atoms with van der Waals surface area (Å²) in [4.78, 5) is 25.3. The Bertz CT molecular complexity index is 815. The minimum atomic E-state index is -0.928. The first-order valence-electron chi connectivity index (χ1n) is 10.5. The Morgan fingerprint density at radius 2 is 1.57 bits per heavy atom. The molecule has 160 valence electrons. The summed E-state index contributed by atoms with van der Waals surface area (Å²) in [6, 6.07) is 17.5. The van der Waals surface area contributed by atoms with Crippen LogP contribution in [0.2, 0.25) is 0 Å². The number of aryl methyl sites for hydroxylation is 1. The van der Waals surface area contributed by atoms with Crippen molar-refractivity contribution in [2.75, 3.05) is 24.7 Å². The molecular weight excluding hydrogens is 380 g/mol. The predicted octanol–water partition coefficient (Wildman–Crippen LogP) is 4.75. The number of hydrogen-bond donors (Lipinski definition) is 2. The molecule has 2 aromatic carbocycles. The SMILES string of the molecule is Cc1ccc(N(C(=O)NCC2CCC(COCC(=O)O)CC2)c2ccccc2)cc1. The predicted molar refractivity (Wildman–Crippen MR) is 117 cm³/mol. The summed E-state index contributed by atoms with van der Waals surface area (Å²) < 4.78 is 5.23. The quantitative estimate of drug-likeness (QED) is 0.658. The van der Waals surface area contributed by atoms with E-state index in [0.717, 1.165) is 42.6 Å². The highest BCUT2D eigenvalue weighted by molar-refractivity contribution is 5.99. The summed E-state index contributed by atoms with van der Waals surface area (Å²) in [5.74, 6) is -0.0899. The number of nitrogens with zero attached hydrogens (tertiary/aromatic N) is 1. The number of benzene rings is 2. The second-order valence-corrected chi connectivity index (χ2v) is 7.99. The summed E-state index contributed by atoms with van der Waals surface area (Å²) in [6.45, 7) is 2.93. The highest BCUT2D eigenvalue weighted by atomic mass is 16.5. The first kappa shape index (κ1) is 21.8. The Balaban J connectivity index is 1.54. The van der Waals surface area contributed by atoms with E-state index >= 15 is 0 Å². The Hall–Kier alpha value is -2.86. The van der Waals surface area contributed by atoms with Crippen LogP contribution in [-0.2, 0) is 9.53 Å². The molecule has 2 N–H and O–H groups in total. The molecule has 1 saturated carbocycles. The van der Waals surface area contributed by atoms with E-state index in [4.69, 9.17) is 9.84 Å². The van der Waals surface area contributed by atoms with Crippen LogP contribution in [0.3, 0.4) is 0 Å². The van der Waals surface area contributed by atoms with E-state index in [-0.39, 0.29) is 12.6 Å². The molecule has 6 heteroatoms. The number of hydrogen-bond acceptors (Lipinski definition) is 3. The van der Waals surface area contributed by atoms with Crippen molar-refractivity contribution < 1.29 is 19.4 Å². The van der Waals surface area contributed by atoms with Gasteiger partial charge in [0.25, 0.3) is 0 Å². The molecule has 1 aliphatic carbocycles. The number of anilines is 2. The third-order valence-corrected chi connectivity index (χ3v) is 5.60. The summed E-state index contributed by atoms with van der Waals surface area (Å²) in [7, 11) is 0. The first-order chi connectivity index (χ1) is 14.5. The molecule has 30 heavy (non-hydrogen) atoms. The Morgan fingerprint density at radius 1 is 0.967 bits per heavy atom. The fraction of sp³-hybridized carbons (Fsp3) is 0.417. The molecule has 0 spiro atoms. The number of carbonyl (C=O) groups is 2. The van der Waals surface area contributed by atoms with E-state index in [1.165, 1.54) is 0 Å². The number of amides is 2. The van der Waals surface area contributed by atoms with E-state index in [1.807, 2.05) is 61.5 Å². The molecule has 2 aromatic rings. The van der Waals surface area contributed by atoms with Crippen molar-refractivity contribution in [3.8, 4) is 0 Å². The zero-order valence-corrected chi connectivity index (χ0v) is 17.4.